The Morgan fingerprint density at radius 3 is 2.49 bits per heavy atom. The van der Waals surface area contributed by atoms with Gasteiger partial charge in [-0.05, 0) is 60.5 Å². The maximum Gasteiger partial charge on any atom is 0.229 e. The molecule has 4 rings (SSSR count). The number of benzene rings is 3. The van der Waals surface area contributed by atoms with Crippen LogP contribution in [0.3, 0.4) is 0 Å². The van der Waals surface area contributed by atoms with Gasteiger partial charge in [-0.3, -0.25) is 4.78 Å². The highest BCUT2D eigenvalue weighted by molar-refractivity contribution is 7.90. The van der Waals surface area contributed by atoms with Crippen LogP contribution in [0.1, 0.15) is 12.5 Å². The second kappa shape index (κ2) is 11.4. The molecule has 0 spiro atoms. The van der Waals surface area contributed by atoms with Gasteiger partial charge >= 0.3 is 0 Å². The number of thiol groups is 1. The number of hydrogen-bond donors (Lipinski definition) is 4. The fourth-order valence-electron chi connectivity index (χ4n) is 3.60. The lowest BCUT2D eigenvalue weighted by Crippen LogP contribution is -2.07. The Balaban J connectivity index is 1.66. The monoisotopic (exact) mass is 537 g/mol. The molecule has 0 saturated carbocycles. The minimum Gasteiger partial charge on any atom is -0.494 e. The maximum absolute atomic E-state index is 12.0. The van der Waals surface area contributed by atoms with Crippen molar-refractivity contribution in [1.29, 1.82) is 4.78 Å². The van der Waals surface area contributed by atoms with Gasteiger partial charge in [0.1, 0.15) is 11.6 Å². The lowest BCUT2D eigenvalue weighted by atomic mass is 10.1. The van der Waals surface area contributed by atoms with Crippen molar-refractivity contribution in [2.75, 3.05) is 23.5 Å². The molecule has 0 radical (unpaired) electrons. The second-order valence-electron chi connectivity index (χ2n) is 8.16. The average Bonchev–Trinajstić information content (AvgIpc) is 2.88. The summed E-state index contributed by atoms with van der Waals surface area (Å²) in [5, 5.41) is 6.41. The van der Waals surface area contributed by atoms with Gasteiger partial charge in [-0.2, -0.15) is 4.98 Å². The molecule has 0 bridgehead atoms. The maximum atomic E-state index is 12.0. The van der Waals surface area contributed by atoms with Crippen molar-refractivity contribution in [1.82, 2.24) is 9.97 Å². The zero-order valence-corrected chi connectivity index (χ0v) is 22.0. The van der Waals surface area contributed by atoms with E-state index in [0.717, 1.165) is 22.4 Å². The number of hydrogen-bond acceptors (Lipinski definition) is 9. The lowest BCUT2D eigenvalue weighted by molar-refractivity contribution is 0.340. The highest BCUT2D eigenvalue weighted by atomic mass is 32.2. The van der Waals surface area contributed by atoms with Crippen LogP contribution in [0, 0.1) is 4.78 Å². The normalized spacial score (nSPS) is 12.1. The Morgan fingerprint density at radius 1 is 1.03 bits per heavy atom. The van der Waals surface area contributed by atoms with Crippen LogP contribution in [0.15, 0.2) is 88.8 Å². The second-order valence-corrected chi connectivity index (χ2v) is 11.3. The van der Waals surface area contributed by atoms with Gasteiger partial charge in [0.2, 0.25) is 5.95 Å². The SMILES string of the molecule is CCOc1ccc(-c2cnc(Nc3cccc([SH](=N)=O)c3)nc2NCc2cccc(S(C)(=O)=O)c2)cc1. The van der Waals surface area contributed by atoms with Crippen LogP contribution >= 0.6 is 0 Å². The molecule has 0 fully saturated rings. The molecule has 0 aliphatic carbocycles. The molecule has 3 N–H and O–H groups in total. The summed E-state index contributed by atoms with van der Waals surface area (Å²) in [5.74, 6) is 1.60. The third kappa shape index (κ3) is 6.83. The Hall–Kier alpha value is -3.96. The molecule has 0 aliphatic heterocycles. The molecule has 4 aromatic rings. The summed E-state index contributed by atoms with van der Waals surface area (Å²) in [6, 6.07) is 21.1. The van der Waals surface area contributed by atoms with Crippen LogP contribution in [-0.2, 0) is 27.0 Å². The molecule has 0 saturated heterocycles. The Labute approximate surface area is 217 Å². The average molecular weight is 538 g/mol. The molecule has 1 atom stereocenters. The number of anilines is 3. The molecule has 1 aromatic heterocycles. The number of ether oxygens (including phenoxy) is 1. The van der Waals surface area contributed by atoms with Gasteiger partial charge in [-0.15, -0.1) is 0 Å². The fourth-order valence-corrected chi connectivity index (χ4v) is 4.77. The summed E-state index contributed by atoms with van der Waals surface area (Å²) in [7, 11) is -5.55. The molecule has 3 aromatic carbocycles. The van der Waals surface area contributed by atoms with Crippen molar-refractivity contribution < 1.29 is 17.4 Å². The summed E-state index contributed by atoms with van der Waals surface area (Å²) in [6.07, 6.45) is 2.87. The predicted molar refractivity (Wildman–Crippen MR) is 146 cm³/mol. The van der Waals surface area contributed by atoms with Gasteiger partial charge in [0.15, 0.2) is 9.84 Å². The fraction of sp³-hybridized carbons (Fsp3) is 0.154. The van der Waals surface area contributed by atoms with Gasteiger partial charge < -0.3 is 15.4 Å². The van der Waals surface area contributed by atoms with Crippen LogP contribution in [0.2, 0.25) is 0 Å². The zero-order valence-electron chi connectivity index (χ0n) is 20.3. The summed E-state index contributed by atoms with van der Waals surface area (Å²) >= 11 is 0. The van der Waals surface area contributed by atoms with Crippen molar-refractivity contribution in [2.24, 2.45) is 0 Å². The topological polar surface area (TPSA) is 134 Å². The third-order valence-corrected chi connectivity index (χ3v) is 7.25. The quantitative estimate of drug-likeness (QED) is 0.210. The largest absolute Gasteiger partial charge is 0.494 e. The molecule has 0 amide bonds. The highest BCUT2D eigenvalue weighted by Gasteiger charge is 2.12. The smallest absolute Gasteiger partial charge is 0.229 e. The van der Waals surface area contributed by atoms with E-state index in [1.165, 1.54) is 6.26 Å². The van der Waals surface area contributed by atoms with Crippen molar-refractivity contribution in [3.8, 4) is 16.9 Å². The number of rotatable bonds is 10. The van der Waals surface area contributed by atoms with Crippen LogP contribution in [0.5, 0.6) is 5.75 Å². The summed E-state index contributed by atoms with van der Waals surface area (Å²) in [4.78, 5) is 9.76. The van der Waals surface area contributed by atoms with Crippen LogP contribution in [-0.4, -0.2) is 35.5 Å². The van der Waals surface area contributed by atoms with E-state index in [0.29, 0.717) is 35.5 Å². The van der Waals surface area contributed by atoms with Crippen molar-refractivity contribution in [2.45, 2.75) is 23.3 Å². The van der Waals surface area contributed by atoms with Gasteiger partial charge in [0, 0.05) is 35.1 Å². The zero-order chi connectivity index (χ0) is 26.4. The van der Waals surface area contributed by atoms with Crippen molar-refractivity contribution in [3.63, 3.8) is 0 Å². The molecule has 0 aliphatic rings. The van der Waals surface area contributed by atoms with E-state index in [1.807, 2.05) is 37.3 Å². The molecule has 192 valence electrons. The number of nitrogens with one attached hydrogen (secondary N) is 3. The van der Waals surface area contributed by atoms with E-state index in [9.17, 15) is 12.6 Å². The highest BCUT2D eigenvalue weighted by Crippen LogP contribution is 2.30. The third-order valence-electron chi connectivity index (χ3n) is 5.39. The van der Waals surface area contributed by atoms with E-state index in [2.05, 4.69) is 20.6 Å². The van der Waals surface area contributed by atoms with E-state index >= 15 is 0 Å². The Kier molecular flexibility index (Phi) is 8.04. The van der Waals surface area contributed by atoms with Crippen molar-refractivity contribution in [3.05, 3.63) is 84.6 Å². The van der Waals surface area contributed by atoms with Crippen LogP contribution in [0.25, 0.3) is 11.1 Å². The molecular weight excluding hydrogens is 510 g/mol. The first-order valence-corrected chi connectivity index (χ1v) is 14.6. The lowest BCUT2D eigenvalue weighted by Gasteiger charge is -2.14. The van der Waals surface area contributed by atoms with Crippen LogP contribution < -0.4 is 15.4 Å². The molecule has 9 nitrogen and oxygen atoms in total. The van der Waals surface area contributed by atoms with Gasteiger partial charge in [-0.1, -0.05) is 30.3 Å². The first-order valence-electron chi connectivity index (χ1n) is 11.4. The first-order chi connectivity index (χ1) is 17.7. The molecule has 11 heteroatoms. The van der Waals surface area contributed by atoms with E-state index in [1.54, 1.807) is 48.7 Å². The number of aromatic nitrogens is 2. The Morgan fingerprint density at radius 2 is 1.78 bits per heavy atom. The standard InChI is InChI=1S/C26H27N5O4S2/c1-3-35-21-12-10-19(11-13-21)24-17-29-26(30-20-7-5-8-22(15-20)36(27)32)31-25(24)28-16-18-6-4-9-23(14-18)37(2,33)34/h4-15,17,27,36H,3,16H2,1-2H3,(H2,28,29,30,31). The summed E-state index contributed by atoms with van der Waals surface area (Å²) in [6.45, 7) is 2.82. The van der Waals surface area contributed by atoms with E-state index < -0.39 is 20.4 Å². The number of nitrogens with zero attached hydrogens (tertiary/aromatic N) is 2. The minimum absolute atomic E-state index is 0.246. The minimum atomic E-state index is -3.33. The molecular formula is C26H27N5O4S2. The van der Waals surface area contributed by atoms with Crippen molar-refractivity contribution >= 4 is 37.9 Å². The Bertz CT molecular complexity index is 1580. The number of sulfone groups is 1. The predicted octanol–water partition coefficient (Wildman–Crippen LogP) is 4.90. The van der Waals surface area contributed by atoms with Crippen LogP contribution in [0.4, 0.5) is 17.5 Å². The van der Waals surface area contributed by atoms with Gasteiger partial charge in [-0.25, -0.2) is 17.6 Å². The van der Waals surface area contributed by atoms with E-state index in [-0.39, 0.29) is 4.90 Å². The molecule has 37 heavy (non-hydrogen) atoms. The van der Waals surface area contributed by atoms with Gasteiger partial charge in [0.05, 0.1) is 22.1 Å². The summed E-state index contributed by atoms with van der Waals surface area (Å²) in [5.41, 5.74) is 3.00. The first kappa shape index (κ1) is 26.1. The molecule has 1 unspecified atom stereocenters. The van der Waals surface area contributed by atoms with Gasteiger partial charge in [0.25, 0.3) is 0 Å². The van der Waals surface area contributed by atoms with E-state index in [4.69, 9.17) is 9.52 Å². The molecule has 1 heterocycles. The summed E-state index contributed by atoms with van der Waals surface area (Å²) < 4.78 is 48.5.